The molecular formula is C26H29F3N6O4. The summed E-state index contributed by atoms with van der Waals surface area (Å²) in [5.74, 6) is -0.293. The number of hydrogen-bond acceptors (Lipinski definition) is 6. The summed E-state index contributed by atoms with van der Waals surface area (Å²) < 4.78 is 41.9. The highest BCUT2D eigenvalue weighted by atomic mass is 19.4. The van der Waals surface area contributed by atoms with Crippen molar-refractivity contribution >= 4 is 28.9 Å². The summed E-state index contributed by atoms with van der Waals surface area (Å²) in [6.07, 6.45) is -1.38. The quantitative estimate of drug-likeness (QED) is 0.377. The summed E-state index contributed by atoms with van der Waals surface area (Å²) in [6.45, 7) is 3.08. The molecule has 2 aliphatic rings. The monoisotopic (exact) mass is 546 g/mol. The van der Waals surface area contributed by atoms with Crippen LogP contribution in [0.3, 0.4) is 0 Å². The second-order valence-electron chi connectivity index (χ2n) is 10.2. The third-order valence-corrected chi connectivity index (χ3v) is 7.58. The Bertz CT molecular complexity index is 1410. The Morgan fingerprint density at radius 2 is 2.05 bits per heavy atom. The molecule has 0 radical (unpaired) electrons. The van der Waals surface area contributed by atoms with E-state index in [2.05, 4.69) is 20.3 Å². The molecule has 0 bridgehead atoms. The zero-order valence-electron chi connectivity index (χ0n) is 21.3. The molecule has 4 heterocycles. The molecule has 0 aliphatic carbocycles. The number of aromatic nitrogens is 3. The highest BCUT2D eigenvalue weighted by molar-refractivity contribution is 6.02. The minimum Gasteiger partial charge on any atom is -0.465 e. The number of rotatable bonds is 5. The van der Waals surface area contributed by atoms with E-state index < -0.39 is 23.4 Å². The molecule has 10 nitrogen and oxygen atoms in total. The Morgan fingerprint density at radius 1 is 1.26 bits per heavy atom. The van der Waals surface area contributed by atoms with Crippen molar-refractivity contribution in [1.29, 1.82) is 0 Å². The van der Waals surface area contributed by atoms with E-state index in [9.17, 15) is 33.0 Å². The lowest BCUT2D eigenvalue weighted by atomic mass is 10.0. The van der Waals surface area contributed by atoms with Gasteiger partial charge < -0.3 is 30.3 Å². The van der Waals surface area contributed by atoms with Crippen LogP contribution in [-0.4, -0.2) is 84.8 Å². The summed E-state index contributed by atoms with van der Waals surface area (Å²) in [4.78, 5) is 38.2. The average Bonchev–Trinajstić information content (AvgIpc) is 3.51. The Morgan fingerprint density at radius 3 is 2.74 bits per heavy atom. The fourth-order valence-corrected chi connectivity index (χ4v) is 5.27. The Hall–Kier alpha value is -3.87. The highest BCUT2D eigenvalue weighted by Gasteiger charge is 2.38. The molecular weight excluding hydrogens is 517 g/mol. The van der Waals surface area contributed by atoms with Crippen LogP contribution in [0.1, 0.15) is 48.5 Å². The fraction of sp³-hybridized carbons (Fsp3) is 0.462. The average molecular weight is 547 g/mol. The van der Waals surface area contributed by atoms with E-state index in [4.69, 9.17) is 0 Å². The van der Waals surface area contributed by atoms with Gasteiger partial charge in [-0.3, -0.25) is 4.79 Å². The number of aliphatic hydroxyl groups is 1. The second-order valence-corrected chi connectivity index (χ2v) is 10.2. The van der Waals surface area contributed by atoms with Crippen LogP contribution in [0.2, 0.25) is 0 Å². The van der Waals surface area contributed by atoms with Crippen molar-refractivity contribution in [2.75, 3.05) is 31.5 Å². The SMILES string of the molecule is CC[C@@]1(O)CCN(C(=O)c2ccc3c(-c4nc(N[C@H]5CCCN(C(=O)O)C5)ncc4C(F)(F)F)c[nH]c3c2)C1. The van der Waals surface area contributed by atoms with Gasteiger partial charge in [-0.25, -0.2) is 14.8 Å². The van der Waals surface area contributed by atoms with Crippen molar-refractivity contribution < 1.29 is 33.0 Å². The number of benzene rings is 1. The minimum absolute atomic E-state index is 0.0335. The molecule has 13 heteroatoms. The number of carbonyl (C=O) groups is 2. The van der Waals surface area contributed by atoms with Gasteiger partial charge in [0.25, 0.3) is 5.91 Å². The van der Waals surface area contributed by atoms with E-state index in [-0.39, 0.29) is 42.2 Å². The first-order chi connectivity index (χ1) is 18.5. The van der Waals surface area contributed by atoms with Crippen LogP contribution in [0.4, 0.5) is 23.9 Å². The van der Waals surface area contributed by atoms with Crippen molar-refractivity contribution in [1.82, 2.24) is 24.8 Å². The smallest absolute Gasteiger partial charge is 0.419 e. The van der Waals surface area contributed by atoms with E-state index in [1.807, 2.05) is 6.92 Å². The summed E-state index contributed by atoms with van der Waals surface area (Å²) in [5, 5.41) is 23.2. The lowest BCUT2D eigenvalue weighted by Gasteiger charge is -2.31. The zero-order valence-corrected chi connectivity index (χ0v) is 21.3. The molecule has 2 atom stereocenters. The number of H-pyrrole nitrogens is 1. The normalized spacial score (nSPS) is 21.9. The van der Waals surface area contributed by atoms with Gasteiger partial charge in [-0.2, -0.15) is 13.2 Å². The summed E-state index contributed by atoms with van der Waals surface area (Å²) in [7, 11) is 0. The maximum Gasteiger partial charge on any atom is 0.419 e. The highest BCUT2D eigenvalue weighted by Crippen LogP contribution is 2.39. The van der Waals surface area contributed by atoms with Crippen molar-refractivity contribution in [3.8, 4) is 11.3 Å². The number of nitrogens with one attached hydrogen (secondary N) is 2. The van der Waals surface area contributed by atoms with Crippen molar-refractivity contribution in [2.24, 2.45) is 0 Å². The molecule has 2 amide bonds. The molecule has 1 aromatic carbocycles. The molecule has 0 unspecified atom stereocenters. The van der Waals surface area contributed by atoms with Crippen molar-refractivity contribution in [2.45, 2.75) is 50.4 Å². The number of alkyl halides is 3. The topological polar surface area (TPSA) is 135 Å². The van der Waals surface area contributed by atoms with E-state index in [1.165, 1.54) is 11.1 Å². The Kier molecular flexibility index (Phi) is 6.87. The van der Waals surface area contributed by atoms with Crippen LogP contribution in [-0.2, 0) is 6.18 Å². The molecule has 2 aromatic heterocycles. The number of amides is 2. The van der Waals surface area contributed by atoms with Gasteiger partial charge in [0.15, 0.2) is 0 Å². The molecule has 2 aliphatic heterocycles. The molecule has 208 valence electrons. The van der Waals surface area contributed by atoms with Crippen molar-refractivity contribution in [3.63, 3.8) is 0 Å². The number of anilines is 1. The maximum absolute atomic E-state index is 14.0. The molecule has 2 fully saturated rings. The van der Waals surface area contributed by atoms with E-state index >= 15 is 0 Å². The standard InChI is InChI=1S/C26H29F3N6O4/c1-2-25(39)7-9-35(14-25)22(36)15-5-6-17-18(11-30-20(17)10-15)21-19(26(27,28)29)12-31-23(33-21)32-16-4-3-8-34(13-16)24(37)38/h5-6,10-12,16,30,39H,2-4,7-9,13-14H2,1H3,(H,37,38)(H,31,32,33)/t16-,25+/m0/s1. The number of β-amino-alcohol motifs (C(OH)–C–C–N with tert-alkyl or cyclic N) is 1. The van der Waals surface area contributed by atoms with Crippen LogP contribution < -0.4 is 5.32 Å². The molecule has 39 heavy (non-hydrogen) atoms. The van der Waals surface area contributed by atoms with E-state index in [1.54, 1.807) is 23.1 Å². The summed E-state index contributed by atoms with van der Waals surface area (Å²) in [5.41, 5.74) is -1.23. The predicted molar refractivity (Wildman–Crippen MR) is 136 cm³/mol. The number of hydrogen-bond donors (Lipinski definition) is 4. The van der Waals surface area contributed by atoms with Crippen LogP contribution >= 0.6 is 0 Å². The number of nitrogens with zero attached hydrogens (tertiary/aromatic N) is 4. The number of likely N-dealkylation sites (tertiary alicyclic amines) is 2. The number of halogens is 3. The number of fused-ring (bicyclic) bond motifs is 1. The predicted octanol–water partition coefficient (Wildman–Crippen LogP) is 4.19. The van der Waals surface area contributed by atoms with Crippen LogP contribution in [0.5, 0.6) is 0 Å². The van der Waals surface area contributed by atoms with Crippen molar-refractivity contribution in [3.05, 3.63) is 41.7 Å². The number of aromatic amines is 1. The van der Waals surface area contributed by atoms with Gasteiger partial charge in [-0.05, 0) is 37.8 Å². The fourth-order valence-electron chi connectivity index (χ4n) is 5.27. The first kappa shape index (κ1) is 26.7. The number of carbonyl (C=O) groups excluding carboxylic acids is 1. The molecule has 5 rings (SSSR count). The van der Waals surface area contributed by atoms with E-state index in [0.717, 1.165) is 6.20 Å². The van der Waals surface area contributed by atoms with Gasteiger partial charge in [-0.15, -0.1) is 0 Å². The Labute approximate surface area is 221 Å². The molecule has 4 N–H and O–H groups in total. The summed E-state index contributed by atoms with van der Waals surface area (Å²) in [6, 6.07) is 4.38. The first-order valence-electron chi connectivity index (χ1n) is 12.8. The first-order valence-corrected chi connectivity index (χ1v) is 12.8. The summed E-state index contributed by atoms with van der Waals surface area (Å²) >= 11 is 0. The van der Waals surface area contributed by atoms with Gasteiger partial charge in [-0.1, -0.05) is 13.0 Å². The number of carboxylic acid groups (broad SMARTS) is 1. The zero-order chi connectivity index (χ0) is 27.9. The van der Waals surface area contributed by atoms with Gasteiger partial charge >= 0.3 is 12.3 Å². The molecule has 2 saturated heterocycles. The molecule has 0 saturated carbocycles. The van der Waals surface area contributed by atoms with E-state index in [0.29, 0.717) is 55.2 Å². The van der Waals surface area contributed by atoms with Gasteiger partial charge in [0.05, 0.1) is 11.3 Å². The van der Waals surface area contributed by atoms with Crippen LogP contribution in [0.15, 0.2) is 30.6 Å². The lowest BCUT2D eigenvalue weighted by Crippen LogP contribution is -2.44. The molecule has 3 aromatic rings. The van der Waals surface area contributed by atoms with Gasteiger partial charge in [0.2, 0.25) is 5.95 Å². The van der Waals surface area contributed by atoms with Crippen LogP contribution in [0.25, 0.3) is 22.2 Å². The van der Waals surface area contributed by atoms with Gasteiger partial charge in [0.1, 0.15) is 5.56 Å². The lowest BCUT2D eigenvalue weighted by molar-refractivity contribution is -0.137. The third kappa shape index (κ3) is 5.35. The largest absolute Gasteiger partial charge is 0.465 e. The number of piperidine rings is 1. The Balaban J connectivity index is 1.45. The molecule has 0 spiro atoms. The van der Waals surface area contributed by atoms with Crippen LogP contribution in [0, 0.1) is 0 Å². The second kappa shape index (κ2) is 10.0. The third-order valence-electron chi connectivity index (χ3n) is 7.58. The maximum atomic E-state index is 14.0. The van der Waals surface area contributed by atoms with Gasteiger partial charge in [0, 0.05) is 66.6 Å². The minimum atomic E-state index is -4.72.